The Balaban J connectivity index is 0.000000396. The summed E-state index contributed by atoms with van der Waals surface area (Å²) in [5.74, 6) is -3.44. The van der Waals surface area contributed by atoms with Crippen LogP contribution in [0.25, 0.3) is 0 Å². The molecule has 0 amide bonds. The molecule has 3 rings (SSSR count). The monoisotopic (exact) mass is 452 g/mol. The van der Waals surface area contributed by atoms with Crippen LogP contribution in [0.4, 0.5) is 17.6 Å². The van der Waals surface area contributed by atoms with Crippen molar-refractivity contribution in [1.29, 1.82) is 0 Å². The summed E-state index contributed by atoms with van der Waals surface area (Å²) in [5, 5.41) is 7.12. The van der Waals surface area contributed by atoms with Gasteiger partial charge in [-0.1, -0.05) is 18.2 Å². The molecule has 11 heteroatoms. The van der Waals surface area contributed by atoms with E-state index in [0.717, 1.165) is 38.8 Å². The van der Waals surface area contributed by atoms with Gasteiger partial charge in [0.25, 0.3) is 0 Å². The lowest BCUT2D eigenvalue weighted by Crippen LogP contribution is -2.56. The van der Waals surface area contributed by atoms with Crippen LogP contribution >= 0.6 is 0 Å². The van der Waals surface area contributed by atoms with Crippen molar-refractivity contribution in [3.05, 3.63) is 42.7 Å². The van der Waals surface area contributed by atoms with Crippen LogP contribution in [0.3, 0.4) is 0 Å². The number of nitrogens with zero attached hydrogens (tertiary/aromatic N) is 2. The first kappa shape index (κ1) is 24.3. The van der Waals surface area contributed by atoms with Crippen LogP contribution in [-0.4, -0.2) is 66.6 Å². The van der Waals surface area contributed by atoms with Gasteiger partial charge < -0.3 is 5.11 Å². The highest BCUT2D eigenvalue weighted by Crippen LogP contribution is 2.38. The molecule has 0 bridgehead atoms. The molecule has 0 aromatic heterocycles. The fourth-order valence-corrected chi connectivity index (χ4v) is 5.59. The van der Waals surface area contributed by atoms with Gasteiger partial charge in [0, 0.05) is 25.2 Å². The first-order valence-corrected chi connectivity index (χ1v) is 10.8. The summed E-state index contributed by atoms with van der Waals surface area (Å²) < 4.78 is 72.9. The van der Waals surface area contributed by atoms with E-state index in [9.17, 15) is 26.0 Å². The largest absolute Gasteiger partial charge is 0.490 e. The Morgan fingerprint density at radius 2 is 1.77 bits per heavy atom. The van der Waals surface area contributed by atoms with Crippen LogP contribution in [0.15, 0.2) is 41.8 Å². The molecule has 2 heterocycles. The maximum Gasteiger partial charge on any atom is 0.490 e. The lowest BCUT2D eigenvalue weighted by Gasteiger charge is -2.45. The van der Waals surface area contributed by atoms with Crippen molar-refractivity contribution in [3.63, 3.8) is 0 Å². The molecule has 2 aliphatic rings. The highest BCUT2D eigenvalue weighted by Gasteiger charge is 2.46. The molecule has 168 valence electrons. The Bertz CT molecular complexity index is 876. The number of sulfonamides is 1. The molecule has 0 aliphatic carbocycles. The maximum atomic E-state index is 14.0. The summed E-state index contributed by atoms with van der Waals surface area (Å²) in [4.78, 5) is 11.0. The van der Waals surface area contributed by atoms with Crippen molar-refractivity contribution in [2.24, 2.45) is 0 Å². The first-order valence-electron chi connectivity index (χ1n) is 9.35. The second-order valence-corrected chi connectivity index (χ2v) is 9.14. The summed E-state index contributed by atoms with van der Waals surface area (Å²) in [6.45, 7) is 6.45. The van der Waals surface area contributed by atoms with Crippen LogP contribution in [0.2, 0.25) is 0 Å². The molecule has 2 aliphatic heterocycles. The smallest absolute Gasteiger partial charge is 0.475 e. The zero-order valence-corrected chi connectivity index (χ0v) is 17.1. The fraction of sp³-hybridized carbons (Fsp3) is 0.526. The molecular weight excluding hydrogens is 428 g/mol. The summed E-state index contributed by atoms with van der Waals surface area (Å²) in [5.41, 5.74) is -0.120. The van der Waals surface area contributed by atoms with Gasteiger partial charge in [-0.3, -0.25) is 4.90 Å². The quantitative estimate of drug-likeness (QED) is 0.561. The van der Waals surface area contributed by atoms with Crippen molar-refractivity contribution in [2.45, 2.75) is 42.3 Å². The van der Waals surface area contributed by atoms with Gasteiger partial charge in [0.05, 0.1) is 0 Å². The molecule has 1 atom stereocenters. The number of hydrogen-bond acceptors (Lipinski definition) is 4. The minimum Gasteiger partial charge on any atom is -0.475 e. The Morgan fingerprint density at radius 3 is 2.30 bits per heavy atom. The lowest BCUT2D eigenvalue weighted by molar-refractivity contribution is -0.192. The van der Waals surface area contributed by atoms with Crippen LogP contribution in [0.1, 0.15) is 25.7 Å². The maximum absolute atomic E-state index is 14.0. The van der Waals surface area contributed by atoms with Crippen molar-refractivity contribution < 1.29 is 35.9 Å². The number of rotatable bonds is 4. The molecule has 0 saturated carbocycles. The van der Waals surface area contributed by atoms with Crippen LogP contribution in [0, 0.1) is 5.82 Å². The third-order valence-corrected chi connectivity index (χ3v) is 7.19. The number of piperidine rings is 1. The van der Waals surface area contributed by atoms with Gasteiger partial charge in [-0.25, -0.2) is 17.6 Å². The number of carboxylic acid groups (broad SMARTS) is 1. The second kappa shape index (κ2) is 9.44. The van der Waals surface area contributed by atoms with Gasteiger partial charge >= 0.3 is 12.1 Å². The van der Waals surface area contributed by atoms with E-state index in [1.54, 1.807) is 6.07 Å². The van der Waals surface area contributed by atoms with E-state index >= 15 is 0 Å². The Labute approximate surface area is 172 Å². The van der Waals surface area contributed by atoms with Crippen molar-refractivity contribution in [2.75, 3.05) is 26.2 Å². The Morgan fingerprint density at radius 1 is 1.20 bits per heavy atom. The second-order valence-electron chi connectivity index (χ2n) is 7.24. The molecule has 2 saturated heterocycles. The minimum absolute atomic E-state index is 0.120. The van der Waals surface area contributed by atoms with Crippen molar-refractivity contribution in [1.82, 2.24) is 9.21 Å². The zero-order chi connectivity index (χ0) is 22.6. The van der Waals surface area contributed by atoms with E-state index in [-0.39, 0.29) is 10.4 Å². The summed E-state index contributed by atoms with van der Waals surface area (Å²) in [6, 6.07) is 5.62. The van der Waals surface area contributed by atoms with Gasteiger partial charge in [-0.15, -0.1) is 6.58 Å². The molecule has 1 spiro atoms. The van der Waals surface area contributed by atoms with E-state index < -0.39 is 28.0 Å². The van der Waals surface area contributed by atoms with Crippen molar-refractivity contribution in [3.8, 4) is 0 Å². The average Bonchev–Trinajstić information content (AvgIpc) is 3.03. The van der Waals surface area contributed by atoms with E-state index in [1.165, 1.54) is 22.5 Å². The SMILES string of the molecule is C=CCN1CCCC12CCCN(S(=O)(=O)c1ccccc1F)C2.O=C(O)C(F)(F)F. The molecule has 30 heavy (non-hydrogen) atoms. The predicted molar refractivity (Wildman–Crippen MR) is 102 cm³/mol. The number of hydrogen-bond donors (Lipinski definition) is 1. The third kappa shape index (κ3) is 5.38. The van der Waals surface area contributed by atoms with Crippen LogP contribution < -0.4 is 0 Å². The number of halogens is 4. The topological polar surface area (TPSA) is 77.9 Å². The highest BCUT2D eigenvalue weighted by molar-refractivity contribution is 7.89. The number of alkyl halides is 3. The average molecular weight is 452 g/mol. The van der Waals surface area contributed by atoms with Crippen LogP contribution in [0.5, 0.6) is 0 Å². The highest BCUT2D eigenvalue weighted by atomic mass is 32.2. The minimum atomic E-state index is -5.08. The van der Waals surface area contributed by atoms with Gasteiger partial charge in [0.2, 0.25) is 10.0 Å². The van der Waals surface area contributed by atoms with Crippen LogP contribution in [-0.2, 0) is 14.8 Å². The number of carboxylic acids is 1. The van der Waals surface area contributed by atoms with E-state index in [1.807, 2.05) is 6.08 Å². The van der Waals surface area contributed by atoms with Gasteiger partial charge in [0.1, 0.15) is 10.7 Å². The Kier molecular flexibility index (Phi) is 7.64. The third-order valence-electron chi connectivity index (χ3n) is 5.31. The van der Waals surface area contributed by atoms with Crippen molar-refractivity contribution >= 4 is 16.0 Å². The van der Waals surface area contributed by atoms with E-state index in [2.05, 4.69) is 11.5 Å². The molecule has 1 N–H and O–H groups in total. The molecule has 1 unspecified atom stereocenters. The number of aliphatic carboxylic acids is 1. The Hall–Kier alpha value is -1.98. The number of likely N-dealkylation sites (tertiary alicyclic amines) is 1. The standard InChI is InChI=1S/C17H23FN2O2S.C2HF3O2/c1-2-11-19-12-5-9-17(19)10-6-13-20(14-17)23(21,22)16-8-4-3-7-15(16)18;3-2(4,5)1(6)7/h2-4,7-8H,1,5-6,9-14H2;(H,6,7). The zero-order valence-electron chi connectivity index (χ0n) is 16.2. The predicted octanol–water partition coefficient (Wildman–Crippen LogP) is 3.26. The summed E-state index contributed by atoms with van der Waals surface area (Å²) >= 11 is 0. The molecule has 2 fully saturated rings. The van der Waals surface area contributed by atoms with E-state index in [0.29, 0.717) is 13.1 Å². The van der Waals surface area contributed by atoms with Gasteiger partial charge in [-0.05, 0) is 44.4 Å². The normalized spacial score (nSPS) is 23.1. The van der Waals surface area contributed by atoms with E-state index in [4.69, 9.17) is 9.90 Å². The molecule has 0 radical (unpaired) electrons. The summed E-state index contributed by atoms with van der Waals surface area (Å²) in [6.07, 6.45) is 0.647. The summed E-state index contributed by atoms with van der Waals surface area (Å²) in [7, 11) is -3.79. The molecular formula is C19H24F4N2O4S. The fourth-order valence-electron chi connectivity index (χ4n) is 3.97. The first-order chi connectivity index (χ1) is 13.9. The molecule has 1 aromatic rings. The number of benzene rings is 1. The van der Waals surface area contributed by atoms with Gasteiger partial charge in [-0.2, -0.15) is 17.5 Å². The van der Waals surface area contributed by atoms with Gasteiger partial charge in [0.15, 0.2) is 0 Å². The molecule has 6 nitrogen and oxygen atoms in total. The molecule has 1 aromatic carbocycles. The lowest BCUT2D eigenvalue weighted by atomic mass is 9.87. The number of carbonyl (C=O) groups is 1.